The molecule has 0 spiro atoms. The third-order valence-corrected chi connectivity index (χ3v) is 8.46. The Labute approximate surface area is 251 Å². The Kier molecular flexibility index (Phi) is 8.36. The van der Waals surface area contributed by atoms with Crippen molar-refractivity contribution in [1.29, 1.82) is 5.26 Å². The van der Waals surface area contributed by atoms with Crippen LogP contribution in [0.3, 0.4) is 0 Å². The maximum absolute atomic E-state index is 13.8. The smallest absolute Gasteiger partial charge is 0.228 e. The van der Waals surface area contributed by atoms with Crippen LogP contribution in [0, 0.1) is 23.2 Å². The van der Waals surface area contributed by atoms with Gasteiger partial charge in [0, 0.05) is 49.7 Å². The zero-order chi connectivity index (χ0) is 29.6. The average molecular weight is 571 g/mol. The van der Waals surface area contributed by atoms with E-state index < -0.39 is 0 Å². The summed E-state index contributed by atoms with van der Waals surface area (Å²) in [6.45, 7) is 0.508. The second-order valence-electron chi connectivity index (χ2n) is 11.3. The Balaban J connectivity index is 1.16. The van der Waals surface area contributed by atoms with Gasteiger partial charge in [0.1, 0.15) is 11.9 Å². The predicted octanol–water partition coefficient (Wildman–Crippen LogP) is 5.59. The molecule has 43 heavy (non-hydrogen) atoms. The fourth-order valence-electron chi connectivity index (χ4n) is 6.17. The first kappa shape index (κ1) is 28.0. The van der Waals surface area contributed by atoms with Crippen LogP contribution < -0.4 is 5.32 Å². The van der Waals surface area contributed by atoms with Gasteiger partial charge in [-0.05, 0) is 54.2 Å². The van der Waals surface area contributed by atoms with Crippen molar-refractivity contribution < 1.29 is 4.79 Å². The Morgan fingerprint density at radius 3 is 2.49 bits per heavy atom. The summed E-state index contributed by atoms with van der Waals surface area (Å²) in [6.07, 6.45) is 13.5. The summed E-state index contributed by atoms with van der Waals surface area (Å²) in [5.74, 6) is 1.23. The van der Waals surface area contributed by atoms with Crippen molar-refractivity contribution in [1.82, 2.24) is 35.3 Å². The predicted molar refractivity (Wildman–Crippen MR) is 163 cm³/mol. The first-order chi connectivity index (χ1) is 21.1. The van der Waals surface area contributed by atoms with Crippen LogP contribution in [-0.4, -0.2) is 35.9 Å². The van der Waals surface area contributed by atoms with Gasteiger partial charge in [-0.1, -0.05) is 54.6 Å². The zero-order valence-corrected chi connectivity index (χ0v) is 24.1. The number of nitrogens with one attached hydrogen (secondary N) is 2. The normalized spacial score (nSPS) is 17.2. The molecule has 1 atom stereocenters. The minimum Gasteiger partial charge on any atom is -0.351 e. The van der Waals surface area contributed by atoms with Crippen molar-refractivity contribution >= 4 is 5.91 Å². The number of hydrogen-bond donors (Lipinski definition) is 2. The summed E-state index contributed by atoms with van der Waals surface area (Å²) in [7, 11) is 1.91. The third kappa shape index (κ3) is 6.54. The maximum Gasteiger partial charge on any atom is 0.228 e. The molecule has 2 N–H and O–H groups in total. The van der Waals surface area contributed by atoms with Crippen LogP contribution in [0.5, 0.6) is 0 Å². The van der Waals surface area contributed by atoms with Crippen LogP contribution in [0.15, 0.2) is 85.6 Å². The van der Waals surface area contributed by atoms with Crippen LogP contribution in [0.2, 0.25) is 0 Å². The van der Waals surface area contributed by atoms with Crippen molar-refractivity contribution in [3.8, 4) is 28.5 Å². The maximum atomic E-state index is 13.8. The number of nitriles is 1. The molecule has 1 amide bonds. The number of carbonyl (C=O) groups is 1. The molecule has 3 heterocycles. The Bertz CT molecular complexity index is 1700. The highest BCUT2D eigenvalue weighted by atomic mass is 16.1. The number of amides is 1. The molecule has 0 radical (unpaired) electrons. The molecule has 216 valence electrons. The van der Waals surface area contributed by atoms with Crippen LogP contribution in [0.1, 0.15) is 54.1 Å². The van der Waals surface area contributed by atoms with E-state index in [9.17, 15) is 10.1 Å². The molecule has 0 aliphatic heterocycles. The molecule has 1 unspecified atom stereocenters. The standard InChI is InChI=1S/C34H34N8O/c1-42-22-30(21-40-42)25-11-13-27(14-12-25)32(34(43)37-17-24-5-3-2-4-6-24)26-9-7-23(8-10-26)15-31-36-18-28(16-35)33(41-31)29-19-38-39-20-29/h2-6,11-14,18-23,26,32H,7-10,15,17H2,1H3,(H,37,43)(H,38,39). The first-order valence-corrected chi connectivity index (χ1v) is 14.7. The summed E-state index contributed by atoms with van der Waals surface area (Å²) >= 11 is 0. The Morgan fingerprint density at radius 1 is 1.02 bits per heavy atom. The number of carbonyl (C=O) groups excluding carboxylic acids is 1. The van der Waals surface area contributed by atoms with Gasteiger partial charge in [0.05, 0.1) is 29.6 Å². The Morgan fingerprint density at radius 2 is 1.81 bits per heavy atom. The van der Waals surface area contributed by atoms with E-state index in [-0.39, 0.29) is 17.7 Å². The van der Waals surface area contributed by atoms with Gasteiger partial charge in [-0.25, -0.2) is 9.97 Å². The van der Waals surface area contributed by atoms with Gasteiger partial charge in [-0.2, -0.15) is 15.5 Å². The monoisotopic (exact) mass is 570 g/mol. The first-order valence-electron chi connectivity index (χ1n) is 14.7. The SMILES string of the molecule is Cn1cc(-c2ccc(C(C(=O)NCc3ccccc3)C3CCC(Cc4ncc(C#N)c(-c5cn[nH]c5)n4)CC3)cc2)cn1. The highest BCUT2D eigenvalue weighted by molar-refractivity contribution is 5.84. The number of aromatic nitrogens is 6. The number of benzene rings is 2. The molecule has 0 bridgehead atoms. The minimum absolute atomic E-state index is 0.0709. The van der Waals surface area contributed by atoms with E-state index in [1.807, 2.05) is 49.8 Å². The van der Waals surface area contributed by atoms with E-state index in [0.29, 0.717) is 23.7 Å². The van der Waals surface area contributed by atoms with E-state index in [2.05, 4.69) is 55.9 Å². The lowest BCUT2D eigenvalue weighted by Gasteiger charge is -2.33. The van der Waals surface area contributed by atoms with E-state index in [0.717, 1.165) is 65.7 Å². The van der Waals surface area contributed by atoms with Crippen LogP contribution >= 0.6 is 0 Å². The minimum atomic E-state index is -0.230. The molecule has 9 heteroatoms. The molecule has 1 aliphatic carbocycles. The number of rotatable bonds is 9. The lowest BCUT2D eigenvalue weighted by molar-refractivity contribution is -0.124. The molecule has 3 aromatic heterocycles. The van der Waals surface area contributed by atoms with E-state index in [4.69, 9.17) is 4.98 Å². The van der Waals surface area contributed by atoms with E-state index in [1.165, 1.54) is 0 Å². The number of H-pyrrole nitrogens is 1. The lowest BCUT2D eigenvalue weighted by atomic mass is 9.72. The highest BCUT2D eigenvalue weighted by Gasteiger charge is 2.33. The molecule has 2 aromatic carbocycles. The van der Waals surface area contributed by atoms with Crippen LogP contribution in [0.4, 0.5) is 0 Å². The van der Waals surface area contributed by atoms with Gasteiger partial charge in [-0.15, -0.1) is 0 Å². The summed E-state index contributed by atoms with van der Waals surface area (Å²) < 4.78 is 1.79. The summed E-state index contributed by atoms with van der Waals surface area (Å²) in [6, 6.07) is 20.6. The third-order valence-electron chi connectivity index (χ3n) is 8.46. The number of aryl methyl sites for hydroxylation is 1. The summed E-state index contributed by atoms with van der Waals surface area (Å²) in [5, 5.41) is 23.8. The fourth-order valence-corrected chi connectivity index (χ4v) is 6.17. The topological polar surface area (TPSA) is 125 Å². The molecule has 1 fully saturated rings. The van der Waals surface area contributed by atoms with E-state index in [1.54, 1.807) is 23.3 Å². The van der Waals surface area contributed by atoms with Crippen molar-refractivity contribution in [2.45, 2.75) is 44.6 Å². The molecule has 6 rings (SSSR count). The average Bonchev–Trinajstić information content (AvgIpc) is 3.74. The largest absolute Gasteiger partial charge is 0.351 e. The summed E-state index contributed by atoms with van der Waals surface area (Å²) in [4.78, 5) is 23.0. The second kappa shape index (κ2) is 12.8. The number of nitrogens with zero attached hydrogens (tertiary/aromatic N) is 6. The van der Waals surface area contributed by atoms with Crippen molar-refractivity contribution in [2.75, 3.05) is 0 Å². The van der Waals surface area contributed by atoms with Crippen LogP contribution in [-0.2, 0) is 24.8 Å². The fraction of sp³-hybridized carbons (Fsp3) is 0.294. The van der Waals surface area contributed by atoms with Gasteiger partial charge in [0.15, 0.2) is 0 Å². The number of hydrogen-bond acceptors (Lipinski definition) is 6. The van der Waals surface area contributed by atoms with Crippen molar-refractivity contribution in [3.05, 3.63) is 108 Å². The quantitative estimate of drug-likeness (QED) is 0.238. The van der Waals surface area contributed by atoms with Gasteiger partial charge in [0.2, 0.25) is 5.91 Å². The van der Waals surface area contributed by atoms with Gasteiger partial charge in [0.25, 0.3) is 0 Å². The van der Waals surface area contributed by atoms with Gasteiger partial charge >= 0.3 is 0 Å². The highest BCUT2D eigenvalue weighted by Crippen LogP contribution is 2.40. The zero-order valence-electron chi connectivity index (χ0n) is 24.1. The molecule has 1 saturated carbocycles. The van der Waals surface area contributed by atoms with Gasteiger partial charge < -0.3 is 5.32 Å². The Hall–Kier alpha value is -5.10. The summed E-state index contributed by atoms with van der Waals surface area (Å²) in [5.41, 5.74) is 6.10. The van der Waals surface area contributed by atoms with E-state index >= 15 is 0 Å². The molecular formula is C34H34N8O. The molecule has 5 aromatic rings. The molecular weight excluding hydrogens is 536 g/mol. The van der Waals surface area contributed by atoms with Crippen LogP contribution in [0.25, 0.3) is 22.4 Å². The molecule has 9 nitrogen and oxygen atoms in total. The lowest BCUT2D eigenvalue weighted by Crippen LogP contribution is -2.35. The van der Waals surface area contributed by atoms with Crippen molar-refractivity contribution in [2.24, 2.45) is 18.9 Å². The van der Waals surface area contributed by atoms with Crippen molar-refractivity contribution in [3.63, 3.8) is 0 Å². The second-order valence-corrected chi connectivity index (χ2v) is 11.3. The molecule has 1 aliphatic rings. The van der Waals surface area contributed by atoms with Gasteiger partial charge in [-0.3, -0.25) is 14.6 Å². The molecule has 0 saturated heterocycles. The number of aromatic amines is 1.